The Bertz CT molecular complexity index is 1120. The third-order valence-corrected chi connectivity index (χ3v) is 5.75. The molecule has 9 heteroatoms. The first-order valence-electron chi connectivity index (χ1n) is 8.66. The number of ether oxygens (including phenoxy) is 2. The second-order valence-electron chi connectivity index (χ2n) is 6.11. The number of aromatic nitrogens is 4. The number of thiophene rings is 1. The van der Waals surface area contributed by atoms with E-state index in [1.165, 1.54) is 0 Å². The minimum atomic E-state index is 0.476. The molecule has 144 valence electrons. The lowest BCUT2D eigenvalue weighted by atomic mass is 10.2. The van der Waals surface area contributed by atoms with Crippen LogP contribution in [0.3, 0.4) is 0 Å². The van der Waals surface area contributed by atoms with Gasteiger partial charge in [-0.1, -0.05) is 17.7 Å². The molecule has 4 heterocycles. The van der Waals surface area contributed by atoms with Crippen LogP contribution in [0.1, 0.15) is 11.1 Å². The van der Waals surface area contributed by atoms with Crippen LogP contribution in [0.2, 0.25) is 5.02 Å². The molecule has 0 atom stereocenters. The van der Waals surface area contributed by atoms with Crippen LogP contribution in [0.4, 0.5) is 5.82 Å². The zero-order valence-electron chi connectivity index (χ0n) is 15.4. The first kappa shape index (κ1) is 18.8. The number of pyridine rings is 2. The lowest BCUT2D eigenvalue weighted by Crippen LogP contribution is -2.06. The topological polar surface area (TPSA) is 82.0 Å². The van der Waals surface area contributed by atoms with Crippen molar-refractivity contribution in [3.8, 4) is 5.88 Å². The Morgan fingerprint density at radius 1 is 1.11 bits per heavy atom. The van der Waals surface area contributed by atoms with E-state index in [4.69, 9.17) is 21.1 Å². The van der Waals surface area contributed by atoms with Gasteiger partial charge in [0.1, 0.15) is 23.6 Å². The third kappa shape index (κ3) is 3.71. The fourth-order valence-electron chi connectivity index (χ4n) is 2.80. The van der Waals surface area contributed by atoms with Crippen LogP contribution in [0, 0.1) is 6.92 Å². The van der Waals surface area contributed by atoms with E-state index in [9.17, 15) is 0 Å². The molecule has 4 aromatic rings. The highest BCUT2D eigenvalue weighted by molar-refractivity contribution is 7.26. The first-order chi connectivity index (χ1) is 13.7. The molecule has 0 radical (unpaired) electrons. The van der Waals surface area contributed by atoms with E-state index >= 15 is 0 Å². The average molecular weight is 416 g/mol. The van der Waals surface area contributed by atoms with Crippen molar-refractivity contribution in [2.75, 3.05) is 25.6 Å². The molecular weight excluding hydrogens is 398 g/mol. The molecule has 0 aliphatic carbocycles. The Morgan fingerprint density at radius 3 is 2.79 bits per heavy atom. The number of nitrogens with one attached hydrogen (secondary N) is 1. The van der Waals surface area contributed by atoms with Crippen molar-refractivity contribution in [2.45, 2.75) is 13.5 Å². The Morgan fingerprint density at radius 2 is 2.00 bits per heavy atom. The highest BCUT2D eigenvalue weighted by Gasteiger charge is 2.15. The second-order valence-corrected chi connectivity index (χ2v) is 7.52. The fraction of sp³-hybridized carbons (Fsp3) is 0.263. The number of nitrogens with zero attached hydrogens (tertiary/aromatic N) is 4. The van der Waals surface area contributed by atoms with Gasteiger partial charge in [0.2, 0.25) is 5.88 Å². The maximum Gasteiger partial charge on any atom is 0.213 e. The molecule has 4 aromatic heterocycles. The fourth-order valence-corrected chi connectivity index (χ4v) is 4.07. The summed E-state index contributed by atoms with van der Waals surface area (Å²) in [7, 11) is 1.64. The zero-order chi connectivity index (χ0) is 19.5. The molecule has 7 nitrogen and oxygen atoms in total. The quantitative estimate of drug-likeness (QED) is 0.452. The molecule has 0 unspecified atom stereocenters. The number of fused-ring (bicyclic) bond motifs is 3. The molecular formula is C19H18ClN5O2S. The van der Waals surface area contributed by atoms with Gasteiger partial charge in [-0.3, -0.25) is 0 Å². The molecule has 0 spiro atoms. The number of methoxy groups -OCH3 is 1. The Hall–Kier alpha value is -2.55. The van der Waals surface area contributed by atoms with E-state index in [0.29, 0.717) is 30.7 Å². The van der Waals surface area contributed by atoms with Gasteiger partial charge in [-0.05, 0) is 18.1 Å². The SMILES string of the molecule is COCCOc1ccc(CNc2ncnc3c2sc2ncc(Cl)c(C)c23)cn1. The van der Waals surface area contributed by atoms with Crippen LogP contribution in [0.5, 0.6) is 5.88 Å². The molecule has 0 saturated carbocycles. The van der Waals surface area contributed by atoms with Crippen LogP contribution in [0.25, 0.3) is 20.4 Å². The van der Waals surface area contributed by atoms with E-state index in [1.54, 1.807) is 37.2 Å². The number of halogens is 1. The molecule has 1 N–H and O–H groups in total. The normalized spacial score (nSPS) is 11.2. The van der Waals surface area contributed by atoms with Crippen molar-refractivity contribution in [1.82, 2.24) is 19.9 Å². The van der Waals surface area contributed by atoms with Gasteiger partial charge in [-0.15, -0.1) is 11.3 Å². The summed E-state index contributed by atoms with van der Waals surface area (Å²) in [5.74, 6) is 1.34. The third-order valence-electron chi connectivity index (χ3n) is 4.28. The second kappa shape index (κ2) is 8.22. The summed E-state index contributed by atoms with van der Waals surface area (Å²) in [6, 6.07) is 3.81. The largest absolute Gasteiger partial charge is 0.475 e. The van der Waals surface area contributed by atoms with Crippen molar-refractivity contribution in [1.29, 1.82) is 0 Å². The number of hydrogen-bond donors (Lipinski definition) is 1. The van der Waals surface area contributed by atoms with Crippen LogP contribution < -0.4 is 10.1 Å². The lowest BCUT2D eigenvalue weighted by Gasteiger charge is -2.08. The van der Waals surface area contributed by atoms with E-state index in [2.05, 4.69) is 25.3 Å². The van der Waals surface area contributed by atoms with Gasteiger partial charge in [0.25, 0.3) is 0 Å². The molecule has 0 aromatic carbocycles. The van der Waals surface area contributed by atoms with Crippen LogP contribution in [-0.4, -0.2) is 40.3 Å². The zero-order valence-corrected chi connectivity index (χ0v) is 17.0. The molecule has 0 fully saturated rings. The van der Waals surface area contributed by atoms with Crippen molar-refractivity contribution in [3.05, 3.63) is 47.0 Å². The highest BCUT2D eigenvalue weighted by atomic mass is 35.5. The van der Waals surface area contributed by atoms with Gasteiger partial charge >= 0.3 is 0 Å². The standard InChI is InChI=1S/C19H18ClN5O2S/c1-11-13(20)9-23-19-15(11)16-17(28-19)18(25-10-24-16)22-8-12-3-4-14(21-7-12)27-6-5-26-2/h3-4,7,9-10H,5-6,8H2,1-2H3,(H,22,24,25). The van der Waals surface area contributed by atoms with Crippen molar-refractivity contribution >= 4 is 49.2 Å². The summed E-state index contributed by atoms with van der Waals surface area (Å²) in [6.07, 6.45) is 5.02. The van der Waals surface area contributed by atoms with Gasteiger partial charge < -0.3 is 14.8 Å². The molecule has 0 saturated heterocycles. The highest BCUT2D eigenvalue weighted by Crippen LogP contribution is 2.38. The predicted molar refractivity (Wildman–Crippen MR) is 111 cm³/mol. The molecule has 0 aliphatic rings. The van der Waals surface area contributed by atoms with Gasteiger partial charge in [0.15, 0.2) is 0 Å². The molecule has 0 bridgehead atoms. The Labute approximate surface area is 170 Å². The number of rotatable bonds is 7. The maximum atomic E-state index is 6.24. The minimum Gasteiger partial charge on any atom is -0.475 e. The van der Waals surface area contributed by atoms with Crippen LogP contribution >= 0.6 is 22.9 Å². The lowest BCUT2D eigenvalue weighted by molar-refractivity contribution is 0.143. The van der Waals surface area contributed by atoms with Crippen molar-refractivity contribution < 1.29 is 9.47 Å². The van der Waals surface area contributed by atoms with Gasteiger partial charge in [0.05, 0.1) is 21.8 Å². The minimum absolute atomic E-state index is 0.476. The summed E-state index contributed by atoms with van der Waals surface area (Å²) >= 11 is 7.79. The van der Waals surface area contributed by atoms with E-state index < -0.39 is 0 Å². The smallest absolute Gasteiger partial charge is 0.213 e. The average Bonchev–Trinajstić information content (AvgIpc) is 3.10. The molecule has 0 aliphatic heterocycles. The number of aryl methyl sites for hydroxylation is 1. The number of hydrogen-bond acceptors (Lipinski definition) is 8. The van der Waals surface area contributed by atoms with Gasteiger partial charge in [-0.25, -0.2) is 19.9 Å². The van der Waals surface area contributed by atoms with Crippen molar-refractivity contribution in [2.24, 2.45) is 0 Å². The van der Waals surface area contributed by atoms with E-state index in [-0.39, 0.29) is 0 Å². The van der Waals surface area contributed by atoms with Crippen LogP contribution in [-0.2, 0) is 11.3 Å². The first-order valence-corrected chi connectivity index (χ1v) is 9.85. The summed E-state index contributed by atoms with van der Waals surface area (Å²) < 4.78 is 11.4. The predicted octanol–water partition coefficient (Wildman–Crippen LogP) is 4.23. The van der Waals surface area contributed by atoms with Crippen molar-refractivity contribution in [3.63, 3.8) is 0 Å². The summed E-state index contributed by atoms with van der Waals surface area (Å²) in [5, 5.41) is 4.99. The molecule has 28 heavy (non-hydrogen) atoms. The summed E-state index contributed by atoms with van der Waals surface area (Å²) in [5.41, 5.74) is 2.87. The van der Waals surface area contributed by atoms with E-state index in [0.717, 1.165) is 37.4 Å². The monoisotopic (exact) mass is 415 g/mol. The summed E-state index contributed by atoms with van der Waals surface area (Å²) in [6.45, 7) is 3.57. The van der Waals surface area contributed by atoms with Crippen LogP contribution in [0.15, 0.2) is 30.9 Å². The van der Waals surface area contributed by atoms with E-state index in [1.807, 2.05) is 19.1 Å². The maximum absolute atomic E-state index is 6.24. The molecule has 4 rings (SSSR count). The van der Waals surface area contributed by atoms with Gasteiger partial charge in [0, 0.05) is 37.5 Å². The number of anilines is 1. The molecule has 0 amide bonds. The Kier molecular flexibility index (Phi) is 5.52. The summed E-state index contributed by atoms with van der Waals surface area (Å²) in [4.78, 5) is 18.5. The van der Waals surface area contributed by atoms with Gasteiger partial charge in [-0.2, -0.15) is 0 Å². The Balaban J connectivity index is 1.54.